The first-order valence-electron chi connectivity index (χ1n) is 6.80. The number of rotatable bonds is 6. The zero-order valence-electron chi connectivity index (χ0n) is 11.1. The Kier molecular flexibility index (Phi) is 6.32. The summed E-state index contributed by atoms with van der Waals surface area (Å²) in [7, 11) is 0. The molecule has 0 aliphatic carbocycles. The molecule has 0 aromatic rings. The molecule has 3 atom stereocenters. The van der Waals surface area contributed by atoms with E-state index in [2.05, 4.69) is 31.0 Å². The van der Waals surface area contributed by atoms with Gasteiger partial charge in [-0.2, -0.15) is 0 Å². The van der Waals surface area contributed by atoms with Gasteiger partial charge in [0.05, 0.1) is 0 Å². The first-order chi connectivity index (χ1) is 7.71. The van der Waals surface area contributed by atoms with Crippen LogP contribution in [0.4, 0.5) is 0 Å². The van der Waals surface area contributed by atoms with E-state index in [1.165, 1.54) is 26.1 Å². The zero-order chi connectivity index (χ0) is 12.0. The van der Waals surface area contributed by atoms with E-state index in [9.17, 15) is 0 Å². The number of likely N-dealkylation sites (tertiary alicyclic amines) is 1. The molecule has 3 unspecified atom stereocenters. The van der Waals surface area contributed by atoms with Crippen LogP contribution < -0.4 is 5.32 Å². The molecule has 0 bridgehead atoms. The van der Waals surface area contributed by atoms with Crippen LogP contribution in [0.2, 0.25) is 0 Å². The molecule has 0 aromatic carbocycles. The van der Waals surface area contributed by atoms with Gasteiger partial charge in [0.15, 0.2) is 0 Å². The summed E-state index contributed by atoms with van der Waals surface area (Å²) in [5.41, 5.74) is 0. The van der Waals surface area contributed by atoms with Crippen LogP contribution in [0.25, 0.3) is 0 Å². The molecule has 2 N–H and O–H groups in total. The Balaban J connectivity index is 2.36. The molecule has 1 aliphatic rings. The van der Waals surface area contributed by atoms with Crippen LogP contribution in [0.15, 0.2) is 0 Å². The van der Waals surface area contributed by atoms with Crippen LogP contribution in [0.5, 0.6) is 0 Å². The molecule has 1 fully saturated rings. The Hall–Kier alpha value is -0.120. The van der Waals surface area contributed by atoms with Crippen molar-refractivity contribution >= 4 is 0 Å². The lowest BCUT2D eigenvalue weighted by molar-refractivity contribution is 0.140. The van der Waals surface area contributed by atoms with E-state index in [0.29, 0.717) is 18.7 Å². The highest BCUT2D eigenvalue weighted by Gasteiger charge is 2.26. The fourth-order valence-corrected chi connectivity index (χ4v) is 2.63. The van der Waals surface area contributed by atoms with Gasteiger partial charge in [0, 0.05) is 25.2 Å². The number of aliphatic hydroxyl groups excluding tert-OH is 1. The second kappa shape index (κ2) is 7.25. The third-order valence-corrected chi connectivity index (χ3v) is 3.86. The van der Waals surface area contributed by atoms with E-state index in [0.717, 1.165) is 18.8 Å². The van der Waals surface area contributed by atoms with Gasteiger partial charge in [0.25, 0.3) is 0 Å². The van der Waals surface area contributed by atoms with E-state index in [-0.39, 0.29) is 0 Å². The number of aliphatic hydroxyl groups is 1. The third kappa shape index (κ3) is 4.04. The maximum atomic E-state index is 9.00. The van der Waals surface area contributed by atoms with Crippen LogP contribution in [-0.4, -0.2) is 48.3 Å². The molecular weight excluding hydrogens is 200 g/mol. The van der Waals surface area contributed by atoms with E-state index in [1.54, 1.807) is 0 Å². The molecule has 3 heteroatoms. The molecule has 1 saturated heterocycles. The van der Waals surface area contributed by atoms with Crippen LogP contribution in [0, 0.1) is 5.92 Å². The monoisotopic (exact) mass is 228 g/mol. The number of nitrogens with one attached hydrogen (secondary N) is 1. The molecule has 16 heavy (non-hydrogen) atoms. The van der Waals surface area contributed by atoms with Crippen molar-refractivity contribution < 1.29 is 5.11 Å². The molecule has 3 nitrogen and oxygen atoms in total. The predicted octanol–water partition coefficient (Wildman–Crippen LogP) is 1.47. The molecule has 0 amide bonds. The van der Waals surface area contributed by atoms with Crippen molar-refractivity contribution in [1.29, 1.82) is 0 Å². The quantitative estimate of drug-likeness (QED) is 0.722. The van der Waals surface area contributed by atoms with Gasteiger partial charge in [-0.25, -0.2) is 0 Å². The summed E-state index contributed by atoms with van der Waals surface area (Å²) >= 11 is 0. The standard InChI is InChI=1S/C13H28N2O/c1-4-12(7-9-16)14-13-6-8-15(5-2)10-11(13)3/h11-14,16H,4-10H2,1-3H3. The lowest BCUT2D eigenvalue weighted by atomic mass is 9.92. The number of piperidine rings is 1. The summed E-state index contributed by atoms with van der Waals surface area (Å²) in [6.45, 7) is 10.7. The highest BCUT2D eigenvalue weighted by atomic mass is 16.3. The molecule has 0 spiro atoms. The fourth-order valence-electron chi connectivity index (χ4n) is 2.63. The minimum absolute atomic E-state index is 0.299. The van der Waals surface area contributed by atoms with Crippen molar-refractivity contribution in [1.82, 2.24) is 10.2 Å². The second-order valence-electron chi connectivity index (χ2n) is 5.05. The smallest absolute Gasteiger partial charge is 0.0445 e. The van der Waals surface area contributed by atoms with Crippen molar-refractivity contribution in [3.63, 3.8) is 0 Å². The molecular formula is C13H28N2O. The molecule has 0 radical (unpaired) electrons. The van der Waals surface area contributed by atoms with Gasteiger partial charge < -0.3 is 15.3 Å². The summed E-state index contributed by atoms with van der Waals surface area (Å²) in [6.07, 6.45) is 3.25. The zero-order valence-corrected chi connectivity index (χ0v) is 11.1. The first kappa shape index (κ1) is 13.9. The Labute approximate surface area is 100 Å². The van der Waals surface area contributed by atoms with Crippen molar-refractivity contribution in [3.05, 3.63) is 0 Å². The summed E-state index contributed by atoms with van der Waals surface area (Å²) in [5, 5.41) is 12.7. The molecule has 1 rings (SSSR count). The maximum Gasteiger partial charge on any atom is 0.0445 e. The molecule has 1 heterocycles. The molecule has 1 aliphatic heterocycles. The topological polar surface area (TPSA) is 35.5 Å². The van der Waals surface area contributed by atoms with Gasteiger partial charge >= 0.3 is 0 Å². The van der Waals surface area contributed by atoms with Crippen LogP contribution >= 0.6 is 0 Å². The SMILES string of the molecule is CCC(CCO)NC1CCN(CC)CC1C. The first-order valence-corrected chi connectivity index (χ1v) is 6.80. The lowest BCUT2D eigenvalue weighted by Gasteiger charge is -2.38. The van der Waals surface area contributed by atoms with Crippen LogP contribution in [0.3, 0.4) is 0 Å². The highest BCUT2D eigenvalue weighted by Crippen LogP contribution is 2.17. The molecule has 0 saturated carbocycles. The number of hydrogen-bond donors (Lipinski definition) is 2. The summed E-state index contributed by atoms with van der Waals surface area (Å²) in [5.74, 6) is 0.724. The van der Waals surface area contributed by atoms with E-state index >= 15 is 0 Å². The largest absolute Gasteiger partial charge is 0.396 e. The molecule has 96 valence electrons. The van der Waals surface area contributed by atoms with Gasteiger partial charge in [-0.1, -0.05) is 20.8 Å². The maximum absolute atomic E-state index is 9.00. The van der Waals surface area contributed by atoms with Gasteiger partial charge in [0.2, 0.25) is 0 Å². The minimum atomic E-state index is 0.299. The van der Waals surface area contributed by atoms with Crippen LogP contribution in [0.1, 0.15) is 40.0 Å². The predicted molar refractivity (Wildman–Crippen MR) is 68.6 cm³/mol. The molecule has 0 aromatic heterocycles. The van der Waals surface area contributed by atoms with Gasteiger partial charge in [0.1, 0.15) is 0 Å². The van der Waals surface area contributed by atoms with Crippen molar-refractivity contribution in [2.24, 2.45) is 5.92 Å². The average Bonchev–Trinajstić information content (AvgIpc) is 2.30. The fraction of sp³-hybridized carbons (Fsp3) is 1.00. The Morgan fingerprint density at radius 1 is 1.44 bits per heavy atom. The van der Waals surface area contributed by atoms with Gasteiger partial charge in [-0.15, -0.1) is 0 Å². The van der Waals surface area contributed by atoms with Gasteiger partial charge in [-0.3, -0.25) is 0 Å². The van der Waals surface area contributed by atoms with Crippen molar-refractivity contribution in [3.8, 4) is 0 Å². The second-order valence-corrected chi connectivity index (χ2v) is 5.05. The summed E-state index contributed by atoms with van der Waals surface area (Å²) < 4.78 is 0. The van der Waals surface area contributed by atoms with E-state index in [4.69, 9.17) is 5.11 Å². The van der Waals surface area contributed by atoms with E-state index < -0.39 is 0 Å². The van der Waals surface area contributed by atoms with Crippen LogP contribution in [-0.2, 0) is 0 Å². The lowest BCUT2D eigenvalue weighted by Crippen LogP contribution is -2.51. The number of hydrogen-bond acceptors (Lipinski definition) is 3. The number of nitrogens with zero attached hydrogens (tertiary/aromatic N) is 1. The summed E-state index contributed by atoms with van der Waals surface area (Å²) in [4.78, 5) is 2.52. The van der Waals surface area contributed by atoms with Crippen molar-refractivity contribution in [2.45, 2.75) is 52.1 Å². The normalized spacial score (nSPS) is 29.2. The summed E-state index contributed by atoms with van der Waals surface area (Å²) in [6, 6.07) is 1.13. The minimum Gasteiger partial charge on any atom is -0.396 e. The van der Waals surface area contributed by atoms with E-state index in [1.807, 2.05) is 0 Å². The third-order valence-electron chi connectivity index (χ3n) is 3.86. The Morgan fingerprint density at radius 3 is 2.69 bits per heavy atom. The van der Waals surface area contributed by atoms with Gasteiger partial charge in [-0.05, 0) is 38.3 Å². The highest BCUT2D eigenvalue weighted by molar-refractivity contribution is 4.84. The Bertz CT molecular complexity index is 187. The average molecular weight is 228 g/mol. The Morgan fingerprint density at radius 2 is 2.19 bits per heavy atom. The van der Waals surface area contributed by atoms with Crippen molar-refractivity contribution in [2.75, 3.05) is 26.2 Å².